The van der Waals surface area contributed by atoms with Crippen molar-refractivity contribution in [3.8, 4) is 6.07 Å². The zero-order valence-electron chi connectivity index (χ0n) is 10.7. The fourth-order valence-corrected chi connectivity index (χ4v) is 3.89. The molecule has 1 saturated carbocycles. The van der Waals surface area contributed by atoms with Gasteiger partial charge in [0.2, 0.25) is 10.0 Å². The predicted octanol–water partition coefficient (Wildman–Crippen LogP) is 1.79. The second-order valence-corrected chi connectivity index (χ2v) is 6.95. The fourth-order valence-electron chi connectivity index (χ4n) is 2.27. The maximum Gasteiger partial charge on any atom is 0.240 e. The van der Waals surface area contributed by atoms with E-state index in [1.54, 1.807) is 0 Å². The minimum absolute atomic E-state index is 0.000673. The van der Waals surface area contributed by atoms with Gasteiger partial charge in [0.1, 0.15) is 6.07 Å². The average molecular weight is 315 g/mol. The molecule has 108 valence electrons. The van der Waals surface area contributed by atoms with Gasteiger partial charge in [-0.2, -0.15) is 5.26 Å². The molecular formula is C13H15ClN2O3S. The highest BCUT2D eigenvalue weighted by Crippen LogP contribution is 2.23. The van der Waals surface area contributed by atoms with Crippen molar-refractivity contribution in [2.45, 2.75) is 42.7 Å². The van der Waals surface area contributed by atoms with Crippen molar-refractivity contribution in [1.29, 1.82) is 5.26 Å². The number of sulfonamides is 1. The van der Waals surface area contributed by atoms with Crippen LogP contribution in [0.2, 0.25) is 5.02 Å². The van der Waals surface area contributed by atoms with Gasteiger partial charge < -0.3 is 5.11 Å². The van der Waals surface area contributed by atoms with E-state index in [2.05, 4.69) is 4.72 Å². The Labute approximate surface area is 123 Å². The van der Waals surface area contributed by atoms with Crippen LogP contribution >= 0.6 is 11.6 Å². The minimum atomic E-state index is -3.74. The van der Waals surface area contributed by atoms with E-state index < -0.39 is 22.2 Å². The first kappa shape index (κ1) is 15.3. The van der Waals surface area contributed by atoms with Crippen molar-refractivity contribution in [1.82, 2.24) is 4.72 Å². The van der Waals surface area contributed by atoms with Crippen molar-refractivity contribution < 1.29 is 13.5 Å². The Kier molecular flexibility index (Phi) is 4.66. The van der Waals surface area contributed by atoms with Gasteiger partial charge in [-0.25, -0.2) is 13.1 Å². The summed E-state index contributed by atoms with van der Waals surface area (Å²) in [5.74, 6) is 0. The van der Waals surface area contributed by atoms with Gasteiger partial charge in [-0.1, -0.05) is 24.4 Å². The van der Waals surface area contributed by atoms with Crippen LogP contribution in [0.4, 0.5) is 0 Å². The quantitative estimate of drug-likeness (QED) is 0.890. The summed E-state index contributed by atoms with van der Waals surface area (Å²) in [5, 5.41) is 18.7. The first-order chi connectivity index (χ1) is 9.44. The normalized spacial score (nSPS) is 23.2. The molecule has 1 aromatic rings. The van der Waals surface area contributed by atoms with Gasteiger partial charge in [0.25, 0.3) is 0 Å². The summed E-state index contributed by atoms with van der Waals surface area (Å²) in [5.41, 5.74) is 0.225. The molecule has 1 aromatic carbocycles. The number of aliphatic hydroxyl groups is 1. The molecule has 0 spiro atoms. The predicted molar refractivity (Wildman–Crippen MR) is 74.8 cm³/mol. The Hall–Kier alpha value is -1.13. The molecule has 0 unspecified atom stereocenters. The number of hydrogen-bond donors (Lipinski definition) is 2. The maximum atomic E-state index is 12.2. The number of hydrogen-bond acceptors (Lipinski definition) is 4. The third-order valence-electron chi connectivity index (χ3n) is 3.41. The molecular weight excluding hydrogens is 300 g/mol. The van der Waals surface area contributed by atoms with Crippen molar-refractivity contribution in [3.63, 3.8) is 0 Å². The molecule has 0 radical (unpaired) electrons. The van der Waals surface area contributed by atoms with E-state index in [1.807, 2.05) is 6.07 Å². The van der Waals surface area contributed by atoms with E-state index in [0.29, 0.717) is 12.8 Å². The van der Waals surface area contributed by atoms with Crippen LogP contribution < -0.4 is 4.72 Å². The lowest BCUT2D eigenvalue weighted by molar-refractivity contribution is 0.101. The highest BCUT2D eigenvalue weighted by atomic mass is 35.5. The van der Waals surface area contributed by atoms with Crippen LogP contribution in [0.25, 0.3) is 0 Å². The Bertz CT molecular complexity index is 640. The molecule has 1 fully saturated rings. The molecule has 0 heterocycles. The SMILES string of the molecule is N#Cc1ccc(S(=O)(=O)N[C@H]2CCCC[C@@H]2O)cc1Cl. The number of rotatable bonds is 3. The molecule has 2 N–H and O–H groups in total. The largest absolute Gasteiger partial charge is 0.391 e. The van der Waals surface area contributed by atoms with Crippen LogP contribution in [-0.2, 0) is 10.0 Å². The summed E-state index contributed by atoms with van der Waals surface area (Å²) >= 11 is 5.84. The summed E-state index contributed by atoms with van der Waals surface area (Å²) in [4.78, 5) is -0.000673. The van der Waals surface area contributed by atoms with Gasteiger partial charge in [0.15, 0.2) is 0 Å². The lowest BCUT2D eigenvalue weighted by atomic mass is 9.93. The van der Waals surface area contributed by atoms with E-state index in [0.717, 1.165) is 12.8 Å². The average Bonchev–Trinajstić information content (AvgIpc) is 2.41. The van der Waals surface area contributed by atoms with E-state index in [1.165, 1.54) is 18.2 Å². The molecule has 0 aliphatic heterocycles. The zero-order chi connectivity index (χ0) is 14.8. The molecule has 5 nitrogen and oxygen atoms in total. The molecule has 7 heteroatoms. The summed E-state index contributed by atoms with van der Waals surface area (Å²) in [7, 11) is -3.74. The molecule has 20 heavy (non-hydrogen) atoms. The fraction of sp³-hybridized carbons (Fsp3) is 0.462. The second-order valence-electron chi connectivity index (χ2n) is 4.83. The van der Waals surface area contributed by atoms with Crippen LogP contribution in [-0.4, -0.2) is 25.7 Å². The van der Waals surface area contributed by atoms with Crippen molar-refractivity contribution >= 4 is 21.6 Å². The Morgan fingerprint density at radius 2 is 2.05 bits per heavy atom. The van der Waals surface area contributed by atoms with Crippen LogP contribution in [0.3, 0.4) is 0 Å². The Morgan fingerprint density at radius 1 is 1.35 bits per heavy atom. The van der Waals surface area contributed by atoms with Crippen LogP contribution in [0, 0.1) is 11.3 Å². The van der Waals surface area contributed by atoms with E-state index in [9.17, 15) is 13.5 Å². The molecule has 0 amide bonds. The number of nitrogens with one attached hydrogen (secondary N) is 1. The second kappa shape index (κ2) is 6.10. The molecule has 2 atom stereocenters. The lowest BCUT2D eigenvalue weighted by Crippen LogP contribution is -2.44. The van der Waals surface area contributed by atoms with Crippen molar-refractivity contribution in [3.05, 3.63) is 28.8 Å². The standard InChI is InChI=1S/C13H15ClN2O3S/c14-11-7-10(6-5-9(11)8-15)20(18,19)16-12-3-1-2-4-13(12)17/h5-7,12-13,16-17H,1-4H2/t12-,13-/m0/s1. The molecule has 1 aliphatic carbocycles. The van der Waals surface area contributed by atoms with E-state index >= 15 is 0 Å². The van der Waals surface area contributed by atoms with Crippen molar-refractivity contribution in [2.24, 2.45) is 0 Å². The highest BCUT2D eigenvalue weighted by Gasteiger charge is 2.28. The summed E-state index contributed by atoms with van der Waals surface area (Å²) in [6.45, 7) is 0. The zero-order valence-corrected chi connectivity index (χ0v) is 12.3. The summed E-state index contributed by atoms with van der Waals surface area (Å²) < 4.78 is 27.0. The molecule has 0 bridgehead atoms. The monoisotopic (exact) mass is 314 g/mol. The van der Waals surface area contributed by atoms with Crippen LogP contribution in [0.1, 0.15) is 31.2 Å². The smallest absolute Gasteiger partial charge is 0.240 e. The number of halogens is 1. The van der Waals surface area contributed by atoms with Crippen molar-refractivity contribution in [2.75, 3.05) is 0 Å². The highest BCUT2D eigenvalue weighted by molar-refractivity contribution is 7.89. The number of nitriles is 1. The summed E-state index contributed by atoms with van der Waals surface area (Å²) in [6.07, 6.45) is 2.35. The van der Waals surface area contributed by atoms with E-state index in [-0.39, 0.29) is 15.5 Å². The summed E-state index contributed by atoms with van der Waals surface area (Å²) in [6, 6.07) is 5.36. The van der Waals surface area contributed by atoms with Crippen LogP contribution in [0.15, 0.2) is 23.1 Å². The molecule has 0 aromatic heterocycles. The van der Waals surface area contributed by atoms with Crippen LogP contribution in [0.5, 0.6) is 0 Å². The molecule has 1 aliphatic rings. The van der Waals surface area contributed by atoms with Gasteiger partial charge in [-0.15, -0.1) is 0 Å². The van der Waals surface area contributed by atoms with Gasteiger partial charge in [0, 0.05) is 6.04 Å². The Morgan fingerprint density at radius 3 is 2.65 bits per heavy atom. The van der Waals surface area contributed by atoms with E-state index in [4.69, 9.17) is 16.9 Å². The van der Waals surface area contributed by atoms with Gasteiger partial charge >= 0.3 is 0 Å². The van der Waals surface area contributed by atoms with Gasteiger partial charge in [-0.05, 0) is 31.0 Å². The van der Waals surface area contributed by atoms with Gasteiger partial charge in [0.05, 0.1) is 21.6 Å². The number of aliphatic hydroxyl groups excluding tert-OH is 1. The third-order valence-corrected chi connectivity index (χ3v) is 5.21. The Balaban J connectivity index is 2.22. The number of benzene rings is 1. The topological polar surface area (TPSA) is 90.2 Å². The first-order valence-corrected chi connectivity index (χ1v) is 8.20. The molecule has 0 saturated heterocycles. The number of nitrogens with zero attached hydrogens (tertiary/aromatic N) is 1. The lowest BCUT2D eigenvalue weighted by Gasteiger charge is -2.28. The third kappa shape index (κ3) is 3.30. The van der Waals surface area contributed by atoms with Gasteiger partial charge in [-0.3, -0.25) is 0 Å². The minimum Gasteiger partial charge on any atom is -0.391 e. The first-order valence-electron chi connectivity index (χ1n) is 6.34. The maximum absolute atomic E-state index is 12.2. The molecule has 2 rings (SSSR count).